The van der Waals surface area contributed by atoms with Crippen molar-refractivity contribution in [1.82, 2.24) is 0 Å². The monoisotopic (exact) mass is 223 g/mol. The number of aliphatic hydroxyl groups excluding tert-OH is 1. The number of alkyl halides is 3. The highest BCUT2D eigenvalue weighted by molar-refractivity contribution is 5.28. The Kier molecular flexibility index (Phi) is 3.31. The predicted molar refractivity (Wildman–Crippen MR) is 45.4 cm³/mol. The number of nitrogens with two attached hydrogens (primary N) is 1. The van der Waals surface area contributed by atoms with E-state index in [2.05, 4.69) is 0 Å². The Hall–Kier alpha value is -1.14. The minimum atomic E-state index is -4.56. The van der Waals surface area contributed by atoms with Crippen LogP contribution in [-0.4, -0.2) is 11.7 Å². The van der Waals surface area contributed by atoms with Gasteiger partial charge < -0.3 is 10.8 Å². The Labute approximate surface area is 83.3 Å². The summed E-state index contributed by atoms with van der Waals surface area (Å²) in [5, 5.41) is 9.17. The average Bonchev–Trinajstić information content (AvgIpc) is 2.15. The van der Waals surface area contributed by atoms with Crippen molar-refractivity contribution < 1.29 is 22.7 Å². The lowest BCUT2D eigenvalue weighted by Gasteiger charge is -2.12. The second-order valence-electron chi connectivity index (χ2n) is 2.99. The maximum absolute atomic E-state index is 13.0. The third kappa shape index (κ3) is 2.66. The highest BCUT2D eigenvalue weighted by atomic mass is 19.4. The zero-order valence-electron chi connectivity index (χ0n) is 7.55. The van der Waals surface area contributed by atoms with Gasteiger partial charge in [0.25, 0.3) is 0 Å². The summed E-state index contributed by atoms with van der Waals surface area (Å²) < 4.78 is 49.7. The lowest BCUT2D eigenvalue weighted by molar-refractivity contribution is -0.137. The fourth-order valence-corrected chi connectivity index (χ4v) is 1.10. The number of rotatable bonds is 2. The third-order valence-electron chi connectivity index (χ3n) is 1.91. The van der Waals surface area contributed by atoms with Crippen molar-refractivity contribution in [3.63, 3.8) is 0 Å². The molecule has 1 atom stereocenters. The lowest BCUT2D eigenvalue weighted by atomic mass is 10.1. The van der Waals surface area contributed by atoms with Gasteiger partial charge in [0.1, 0.15) is 5.82 Å². The van der Waals surface area contributed by atoms with Crippen LogP contribution in [-0.2, 0) is 6.18 Å². The van der Waals surface area contributed by atoms with Gasteiger partial charge in [0.15, 0.2) is 0 Å². The van der Waals surface area contributed by atoms with Crippen LogP contribution >= 0.6 is 0 Å². The van der Waals surface area contributed by atoms with E-state index in [1.165, 1.54) is 0 Å². The van der Waals surface area contributed by atoms with Gasteiger partial charge in [-0.2, -0.15) is 13.2 Å². The third-order valence-corrected chi connectivity index (χ3v) is 1.91. The fraction of sp³-hybridized carbons (Fsp3) is 0.333. The summed E-state index contributed by atoms with van der Waals surface area (Å²) in [5.74, 6) is -0.902. The van der Waals surface area contributed by atoms with E-state index in [0.717, 1.165) is 0 Å². The highest BCUT2D eigenvalue weighted by Crippen LogP contribution is 2.31. The fourth-order valence-electron chi connectivity index (χ4n) is 1.10. The molecule has 0 spiro atoms. The Bertz CT molecular complexity index is 350. The molecule has 0 aliphatic heterocycles. The molecule has 2 nitrogen and oxygen atoms in total. The molecule has 0 radical (unpaired) electrons. The molecule has 0 saturated heterocycles. The molecule has 0 saturated carbocycles. The molecule has 0 aliphatic rings. The summed E-state index contributed by atoms with van der Waals surface area (Å²) >= 11 is 0. The molecule has 0 heterocycles. The first-order chi connectivity index (χ1) is 6.86. The van der Waals surface area contributed by atoms with Crippen LogP contribution in [0.5, 0.6) is 0 Å². The molecule has 1 unspecified atom stereocenters. The van der Waals surface area contributed by atoms with Crippen molar-refractivity contribution in [1.29, 1.82) is 0 Å². The van der Waals surface area contributed by atoms with Crippen LogP contribution < -0.4 is 5.73 Å². The first-order valence-electron chi connectivity index (χ1n) is 4.11. The smallest absolute Gasteiger partial charge is 0.387 e. The van der Waals surface area contributed by atoms with Crippen molar-refractivity contribution in [3.05, 3.63) is 35.1 Å². The van der Waals surface area contributed by atoms with Crippen molar-refractivity contribution in [2.24, 2.45) is 5.73 Å². The van der Waals surface area contributed by atoms with Crippen LogP contribution in [0.1, 0.15) is 17.2 Å². The predicted octanol–water partition coefficient (Wildman–Crippen LogP) is 1.84. The van der Waals surface area contributed by atoms with Gasteiger partial charge in [0, 0.05) is 12.1 Å². The molecular formula is C9H9F4NO. The maximum Gasteiger partial charge on any atom is 0.416 e. The summed E-state index contributed by atoms with van der Waals surface area (Å²) in [6.45, 7) is -0.335. The van der Waals surface area contributed by atoms with E-state index in [4.69, 9.17) is 10.8 Å². The summed E-state index contributed by atoms with van der Waals surface area (Å²) in [6.07, 6.45) is -5.98. The standard InChI is InChI=1S/C9H9F4NO/c10-7-2-1-5(9(11,12)13)3-6(7)8(15)4-14/h1-3,8,15H,4,14H2. The lowest BCUT2D eigenvalue weighted by Crippen LogP contribution is -2.15. The molecule has 0 amide bonds. The van der Waals surface area contributed by atoms with Crippen molar-refractivity contribution in [2.75, 3.05) is 6.54 Å². The van der Waals surface area contributed by atoms with Gasteiger partial charge >= 0.3 is 6.18 Å². The van der Waals surface area contributed by atoms with E-state index in [1.807, 2.05) is 0 Å². The molecule has 15 heavy (non-hydrogen) atoms. The zero-order valence-corrected chi connectivity index (χ0v) is 7.55. The Morgan fingerprint density at radius 2 is 1.93 bits per heavy atom. The number of aliphatic hydroxyl groups is 1. The van der Waals surface area contributed by atoms with E-state index >= 15 is 0 Å². The number of halogens is 4. The molecule has 84 valence electrons. The molecule has 0 bridgehead atoms. The van der Waals surface area contributed by atoms with Crippen LogP contribution in [0.15, 0.2) is 18.2 Å². The second kappa shape index (κ2) is 4.16. The number of hydrogen-bond acceptors (Lipinski definition) is 2. The average molecular weight is 223 g/mol. The SMILES string of the molecule is NCC(O)c1cc(C(F)(F)F)ccc1F. The highest BCUT2D eigenvalue weighted by Gasteiger charge is 2.31. The van der Waals surface area contributed by atoms with Gasteiger partial charge in [0.05, 0.1) is 11.7 Å². The van der Waals surface area contributed by atoms with Gasteiger partial charge in [-0.15, -0.1) is 0 Å². The van der Waals surface area contributed by atoms with Crippen LogP contribution in [0, 0.1) is 5.82 Å². The Balaban J connectivity index is 3.17. The summed E-state index contributed by atoms with van der Waals surface area (Å²) in [7, 11) is 0. The van der Waals surface area contributed by atoms with E-state index in [1.54, 1.807) is 0 Å². The van der Waals surface area contributed by atoms with Crippen LogP contribution in [0.3, 0.4) is 0 Å². The molecule has 1 aromatic rings. The van der Waals surface area contributed by atoms with Gasteiger partial charge in [0.2, 0.25) is 0 Å². The molecule has 0 aliphatic carbocycles. The summed E-state index contributed by atoms with van der Waals surface area (Å²) in [4.78, 5) is 0. The summed E-state index contributed by atoms with van der Waals surface area (Å²) in [6, 6.07) is 1.84. The van der Waals surface area contributed by atoms with Crippen LogP contribution in [0.2, 0.25) is 0 Å². The zero-order chi connectivity index (χ0) is 11.6. The Morgan fingerprint density at radius 3 is 2.40 bits per heavy atom. The quantitative estimate of drug-likeness (QED) is 0.751. The normalized spacial score (nSPS) is 14.0. The van der Waals surface area contributed by atoms with E-state index in [9.17, 15) is 17.6 Å². The molecule has 1 rings (SSSR count). The van der Waals surface area contributed by atoms with E-state index < -0.39 is 29.2 Å². The van der Waals surface area contributed by atoms with Gasteiger partial charge in [-0.05, 0) is 18.2 Å². The van der Waals surface area contributed by atoms with Crippen LogP contribution in [0.25, 0.3) is 0 Å². The minimum absolute atomic E-state index is 0.335. The molecular weight excluding hydrogens is 214 g/mol. The van der Waals surface area contributed by atoms with Gasteiger partial charge in [-0.25, -0.2) is 4.39 Å². The van der Waals surface area contributed by atoms with Gasteiger partial charge in [-0.3, -0.25) is 0 Å². The number of hydrogen-bond donors (Lipinski definition) is 2. The largest absolute Gasteiger partial charge is 0.416 e. The minimum Gasteiger partial charge on any atom is -0.387 e. The van der Waals surface area contributed by atoms with Crippen molar-refractivity contribution >= 4 is 0 Å². The second-order valence-corrected chi connectivity index (χ2v) is 2.99. The van der Waals surface area contributed by atoms with E-state index in [0.29, 0.717) is 18.2 Å². The summed E-state index contributed by atoms with van der Waals surface area (Å²) in [5.41, 5.74) is 3.59. The van der Waals surface area contributed by atoms with Crippen molar-refractivity contribution in [2.45, 2.75) is 12.3 Å². The molecule has 0 aromatic heterocycles. The Morgan fingerprint density at radius 1 is 1.33 bits per heavy atom. The topological polar surface area (TPSA) is 46.2 Å². The maximum atomic E-state index is 13.0. The first kappa shape index (κ1) is 11.9. The first-order valence-corrected chi connectivity index (χ1v) is 4.11. The molecule has 1 aromatic carbocycles. The molecule has 3 N–H and O–H groups in total. The van der Waals surface area contributed by atoms with Crippen LogP contribution in [0.4, 0.5) is 17.6 Å². The number of benzene rings is 1. The molecule has 6 heteroatoms. The van der Waals surface area contributed by atoms with Gasteiger partial charge in [-0.1, -0.05) is 0 Å². The van der Waals surface area contributed by atoms with E-state index in [-0.39, 0.29) is 6.54 Å². The van der Waals surface area contributed by atoms with Crippen molar-refractivity contribution in [3.8, 4) is 0 Å². The molecule has 0 fully saturated rings.